The summed E-state index contributed by atoms with van der Waals surface area (Å²) in [6, 6.07) is 6.26. The number of thiophene rings is 1. The molecule has 2 rings (SSSR count). The van der Waals surface area contributed by atoms with Gasteiger partial charge in [0.1, 0.15) is 0 Å². The quantitative estimate of drug-likeness (QED) is 0.927. The monoisotopic (exact) mass is 299 g/mol. The molecule has 1 aromatic rings. The number of hydrogen-bond donors (Lipinski definition) is 1. The zero-order valence-corrected chi connectivity index (χ0v) is 12.5. The third kappa shape index (κ3) is 3.47. The highest BCUT2D eigenvalue weighted by molar-refractivity contribution is 7.16. The van der Waals surface area contributed by atoms with E-state index in [1.165, 1.54) is 0 Å². The number of morpholine rings is 1. The predicted molar refractivity (Wildman–Crippen MR) is 77.3 cm³/mol. The Kier molecular flexibility index (Phi) is 5.20. The second-order valence-electron chi connectivity index (χ2n) is 4.64. The minimum absolute atomic E-state index is 0.0344. The van der Waals surface area contributed by atoms with E-state index >= 15 is 0 Å². The molecule has 104 valence electrons. The predicted octanol–water partition coefficient (Wildman–Crippen LogP) is 2.40. The SMILES string of the molecule is CCC(N)C(c1ccc(Cl)s1)N1CCOC(C#N)C1. The Morgan fingerprint density at radius 1 is 1.68 bits per heavy atom. The van der Waals surface area contributed by atoms with E-state index in [9.17, 15) is 0 Å². The summed E-state index contributed by atoms with van der Waals surface area (Å²) in [6.45, 7) is 4.05. The summed E-state index contributed by atoms with van der Waals surface area (Å²) in [5, 5.41) is 9.01. The lowest BCUT2D eigenvalue weighted by Crippen LogP contribution is -2.48. The van der Waals surface area contributed by atoms with Gasteiger partial charge in [0, 0.05) is 24.0 Å². The lowest BCUT2D eigenvalue weighted by molar-refractivity contribution is -0.0216. The van der Waals surface area contributed by atoms with Crippen molar-refractivity contribution >= 4 is 22.9 Å². The Morgan fingerprint density at radius 3 is 3.05 bits per heavy atom. The van der Waals surface area contributed by atoms with Crippen molar-refractivity contribution in [2.75, 3.05) is 19.7 Å². The van der Waals surface area contributed by atoms with Crippen LogP contribution < -0.4 is 5.73 Å². The molecular formula is C13H18ClN3OS. The summed E-state index contributed by atoms with van der Waals surface area (Å²) in [5.41, 5.74) is 6.27. The highest BCUT2D eigenvalue weighted by atomic mass is 35.5. The first-order chi connectivity index (χ1) is 9.15. The molecule has 19 heavy (non-hydrogen) atoms. The van der Waals surface area contributed by atoms with Gasteiger partial charge in [-0.25, -0.2) is 0 Å². The molecule has 0 amide bonds. The van der Waals surface area contributed by atoms with Crippen LogP contribution in [0, 0.1) is 11.3 Å². The number of nitrogens with zero attached hydrogens (tertiary/aromatic N) is 2. The second-order valence-corrected chi connectivity index (χ2v) is 6.39. The molecule has 1 fully saturated rings. The van der Waals surface area contributed by atoms with Gasteiger partial charge in [0.15, 0.2) is 6.10 Å². The van der Waals surface area contributed by atoms with Gasteiger partial charge in [0.2, 0.25) is 0 Å². The van der Waals surface area contributed by atoms with E-state index in [-0.39, 0.29) is 18.2 Å². The van der Waals surface area contributed by atoms with Crippen LogP contribution in [-0.4, -0.2) is 36.7 Å². The summed E-state index contributed by atoms with van der Waals surface area (Å²) < 4.78 is 6.17. The van der Waals surface area contributed by atoms with Gasteiger partial charge in [-0.1, -0.05) is 18.5 Å². The molecule has 0 aromatic carbocycles. The van der Waals surface area contributed by atoms with Gasteiger partial charge in [-0.05, 0) is 18.6 Å². The highest BCUT2D eigenvalue weighted by Crippen LogP contribution is 2.33. The molecule has 3 atom stereocenters. The van der Waals surface area contributed by atoms with Crippen molar-refractivity contribution in [3.05, 3.63) is 21.3 Å². The van der Waals surface area contributed by atoms with Crippen molar-refractivity contribution < 1.29 is 4.74 Å². The minimum atomic E-state index is -0.365. The van der Waals surface area contributed by atoms with Gasteiger partial charge < -0.3 is 10.5 Å². The molecule has 0 spiro atoms. The summed E-state index contributed by atoms with van der Waals surface area (Å²) in [6.07, 6.45) is 0.519. The van der Waals surface area contributed by atoms with Crippen LogP contribution in [0.4, 0.5) is 0 Å². The maximum Gasteiger partial charge on any atom is 0.156 e. The maximum atomic E-state index is 9.01. The third-order valence-electron chi connectivity index (χ3n) is 3.40. The van der Waals surface area contributed by atoms with E-state index in [1.807, 2.05) is 12.1 Å². The van der Waals surface area contributed by atoms with E-state index < -0.39 is 0 Å². The Labute approximate surface area is 122 Å². The third-order valence-corrected chi connectivity index (χ3v) is 4.70. The maximum absolute atomic E-state index is 9.01. The van der Waals surface area contributed by atoms with Crippen LogP contribution >= 0.6 is 22.9 Å². The van der Waals surface area contributed by atoms with Crippen LogP contribution in [0.3, 0.4) is 0 Å². The fraction of sp³-hybridized carbons (Fsp3) is 0.615. The van der Waals surface area contributed by atoms with Gasteiger partial charge in [-0.15, -0.1) is 11.3 Å². The Hall–Kier alpha value is -0.640. The molecule has 3 unspecified atom stereocenters. The summed E-state index contributed by atoms with van der Waals surface area (Å²) in [7, 11) is 0. The van der Waals surface area contributed by atoms with Crippen LogP contribution in [0.2, 0.25) is 4.34 Å². The lowest BCUT2D eigenvalue weighted by Gasteiger charge is -2.38. The molecule has 4 nitrogen and oxygen atoms in total. The van der Waals surface area contributed by atoms with Crippen molar-refractivity contribution in [3.63, 3.8) is 0 Å². The minimum Gasteiger partial charge on any atom is -0.361 e. The zero-order valence-electron chi connectivity index (χ0n) is 10.9. The summed E-state index contributed by atoms with van der Waals surface area (Å²) in [5.74, 6) is 0. The van der Waals surface area contributed by atoms with Crippen molar-refractivity contribution in [3.8, 4) is 6.07 Å². The molecule has 0 bridgehead atoms. The van der Waals surface area contributed by atoms with Gasteiger partial charge in [0.05, 0.1) is 23.1 Å². The number of hydrogen-bond acceptors (Lipinski definition) is 5. The number of ether oxygens (including phenoxy) is 1. The highest BCUT2D eigenvalue weighted by Gasteiger charge is 2.31. The van der Waals surface area contributed by atoms with E-state index in [0.29, 0.717) is 13.2 Å². The van der Waals surface area contributed by atoms with Crippen molar-refractivity contribution in [1.29, 1.82) is 5.26 Å². The first kappa shape index (κ1) is 14.8. The normalized spacial score (nSPS) is 23.8. The summed E-state index contributed by atoms with van der Waals surface area (Å²) in [4.78, 5) is 3.41. The second kappa shape index (κ2) is 6.69. The topological polar surface area (TPSA) is 62.3 Å². The van der Waals surface area contributed by atoms with Crippen LogP contribution in [-0.2, 0) is 4.74 Å². The molecule has 0 aliphatic carbocycles. The van der Waals surface area contributed by atoms with E-state index in [2.05, 4.69) is 17.9 Å². The molecule has 1 aromatic heterocycles. The smallest absolute Gasteiger partial charge is 0.156 e. The van der Waals surface area contributed by atoms with E-state index in [0.717, 1.165) is 22.2 Å². The first-order valence-electron chi connectivity index (χ1n) is 6.41. The van der Waals surface area contributed by atoms with E-state index in [4.69, 9.17) is 27.3 Å². The average Bonchev–Trinajstić information content (AvgIpc) is 2.85. The van der Waals surface area contributed by atoms with E-state index in [1.54, 1.807) is 11.3 Å². The Morgan fingerprint density at radius 2 is 2.47 bits per heavy atom. The molecular weight excluding hydrogens is 282 g/mol. The molecule has 2 N–H and O–H groups in total. The number of rotatable bonds is 4. The molecule has 2 heterocycles. The van der Waals surface area contributed by atoms with Gasteiger partial charge in [-0.3, -0.25) is 4.90 Å². The van der Waals surface area contributed by atoms with Gasteiger partial charge in [-0.2, -0.15) is 5.26 Å². The number of nitriles is 1. The molecule has 0 radical (unpaired) electrons. The Bertz CT molecular complexity index is 459. The average molecular weight is 300 g/mol. The van der Waals surface area contributed by atoms with Crippen LogP contribution in [0.25, 0.3) is 0 Å². The van der Waals surface area contributed by atoms with Crippen molar-refractivity contribution in [2.24, 2.45) is 5.73 Å². The fourth-order valence-electron chi connectivity index (χ4n) is 2.37. The largest absolute Gasteiger partial charge is 0.361 e. The van der Waals surface area contributed by atoms with Crippen LogP contribution in [0.5, 0.6) is 0 Å². The molecule has 1 saturated heterocycles. The lowest BCUT2D eigenvalue weighted by atomic mass is 10.0. The van der Waals surface area contributed by atoms with Gasteiger partial charge >= 0.3 is 0 Å². The number of halogens is 1. The molecule has 0 saturated carbocycles. The molecule has 6 heteroatoms. The number of nitrogens with two attached hydrogens (primary N) is 1. The van der Waals surface area contributed by atoms with Crippen LogP contribution in [0.15, 0.2) is 12.1 Å². The first-order valence-corrected chi connectivity index (χ1v) is 7.61. The Balaban J connectivity index is 2.20. The molecule has 1 aliphatic rings. The van der Waals surface area contributed by atoms with Crippen molar-refractivity contribution in [2.45, 2.75) is 31.5 Å². The van der Waals surface area contributed by atoms with Gasteiger partial charge in [0.25, 0.3) is 0 Å². The fourth-order valence-corrected chi connectivity index (χ4v) is 3.64. The molecule has 1 aliphatic heterocycles. The summed E-state index contributed by atoms with van der Waals surface area (Å²) >= 11 is 7.59. The standard InChI is InChI=1S/C13H18ClN3OS/c1-2-10(16)13(11-3-4-12(14)19-11)17-5-6-18-9(7-15)8-17/h3-4,9-10,13H,2,5-6,8,16H2,1H3. The van der Waals surface area contributed by atoms with Crippen LogP contribution in [0.1, 0.15) is 24.3 Å². The zero-order chi connectivity index (χ0) is 13.8. The van der Waals surface area contributed by atoms with Crippen molar-refractivity contribution in [1.82, 2.24) is 4.90 Å².